The lowest BCUT2D eigenvalue weighted by Crippen LogP contribution is -2.52. The van der Waals surface area contributed by atoms with E-state index in [0.29, 0.717) is 44.0 Å². The zero-order valence-electron chi connectivity index (χ0n) is 14.4. The van der Waals surface area contributed by atoms with E-state index in [1.807, 2.05) is 24.3 Å². The predicted octanol–water partition coefficient (Wildman–Crippen LogP) is 1.96. The highest BCUT2D eigenvalue weighted by Crippen LogP contribution is 2.23. The van der Waals surface area contributed by atoms with Gasteiger partial charge in [-0.1, -0.05) is 18.2 Å². The lowest BCUT2D eigenvalue weighted by atomic mass is 10.1. The molecule has 0 radical (unpaired) electrons. The Balaban J connectivity index is 1.72. The van der Waals surface area contributed by atoms with E-state index in [1.54, 1.807) is 18.7 Å². The molecule has 1 aromatic carbocycles. The Morgan fingerprint density at radius 3 is 2.40 bits per heavy atom. The molecule has 1 aromatic heterocycles. The number of ketones is 1. The summed E-state index contributed by atoms with van der Waals surface area (Å²) in [4.78, 5) is 43.3. The summed E-state index contributed by atoms with van der Waals surface area (Å²) in [6.45, 7) is 5.24. The van der Waals surface area contributed by atoms with Crippen LogP contribution in [0.1, 0.15) is 23.0 Å². The van der Waals surface area contributed by atoms with Crippen LogP contribution in [0.4, 0.5) is 4.79 Å². The number of H-pyrrole nitrogens is 1. The molecule has 0 bridgehead atoms. The number of benzene rings is 1. The van der Waals surface area contributed by atoms with E-state index >= 15 is 0 Å². The Labute approximate surface area is 145 Å². The van der Waals surface area contributed by atoms with Crippen molar-refractivity contribution in [2.45, 2.75) is 13.8 Å². The molecule has 2 aromatic rings. The first-order valence-corrected chi connectivity index (χ1v) is 8.35. The fraction of sp³-hybridized carbons (Fsp3) is 0.389. The predicted molar refractivity (Wildman–Crippen MR) is 92.5 cm³/mol. The smallest absolute Gasteiger partial charge is 0.409 e. The molecule has 0 saturated carbocycles. The third-order valence-electron chi connectivity index (χ3n) is 4.41. The maximum Gasteiger partial charge on any atom is 0.409 e. The third-order valence-corrected chi connectivity index (χ3v) is 4.41. The number of rotatable bonds is 3. The highest BCUT2D eigenvalue weighted by molar-refractivity contribution is 6.45. The number of carbonyl (C=O) groups excluding carboxylic acids is 3. The molecule has 7 heteroatoms. The van der Waals surface area contributed by atoms with Crippen LogP contribution in [0.3, 0.4) is 0 Å². The van der Waals surface area contributed by atoms with E-state index in [4.69, 9.17) is 4.74 Å². The van der Waals surface area contributed by atoms with Crippen LogP contribution in [0.15, 0.2) is 24.3 Å². The molecule has 2 amide bonds. The normalized spacial score (nSPS) is 14.6. The molecule has 2 heterocycles. The fourth-order valence-electron chi connectivity index (χ4n) is 3.13. The van der Waals surface area contributed by atoms with Gasteiger partial charge in [0.05, 0.1) is 12.2 Å². The van der Waals surface area contributed by atoms with Crippen LogP contribution in [0.25, 0.3) is 10.9 Å². The van der Waals surface area contributed by atoms with Gasteiger partial charge in [-0.05, 0) is 19.9 Å². The first-order chi connectivity index (χ1) is 12.0. The number of aryl methyl sites for hydroxylation is 1. The number of hydrogen-bond acceptors (Lipinski definition) is 4. The van der Waals surface area contributed by atoms with E-state index in [2.05, 4.69) is 4.98 Å². The Morgan fingerprint density at radius 1 is 1.08 bits per heavy atom. The van der Waals surface area contributed by atoms with Gasteiger partial charge >= 0.3 is 6.09 Å². The first kappa shape index (κ1) is 17.0. The molecular weight excluding hydrogens is 322 g/mol. The molecule has 1 fully saturated rings. The minimum atomic E-state index is -0.531. The molecule has 0 unspecified atom stereocenters. The number of carbonyl (C=O) groups is 3. The maximum atomic E-state index is 12.7. The van der Waals surface area contributed by atoms with Crippen molar-refractivity contribution in [3.05, 3.63) is 35.5 Å². The van der Waals surface area contributed by atoms with Crippen molar-refractivity contribution in [1.29, 1.82) is 0 Å². The van der Waals surface area contributed by atoms with Crippen LogP contribution in [0.2, 0.25) is 0 Å². The van der Waals surface area contributed by atoms with Gasteiger partial charge in [0.1, 0.15) is 0 Å². The molecule has 1 aliphatic rings. The van der Waals surface area contributed by atoms with Crippen molar-refractivity contribution in [1.82, 2.24) is 14.8 Å². The molecular formula is C18H21N3O4. The van der Waals surface area contributed by atoms with E-state index in [9.17, 15) is 14.4 Å². The summed E-state index contributed by atoms with van der Waals surface area (Å²) in [7, 11) is 0. The summed E-state index contributed by atoms with van der Waals surface area (Å²) < 4.78 is 4.96. The summed E-state index contributed by atoms with van der Waals surface area (Å²) in [6.07, 6.45) is -0.381. The minimum Gasteiger partial charge on any atom is -0.450 e. The standard InChI is InChI=1S/C18H21N3O4/c1-3-25-18(24)21-10-8-20(9-11-21)17(23)16(22)15-12(2)19-14-7-5-4-6-13(14)15/h4-7,19H,3,8-11H2,1-2H3. The summed E-state index contributed by atoms with van der Waals surface area (Å²) in [5, 5.41) is 0.753. The number of aromatic amines is 1. The van der Waals surface area contributed by atoms with Gasteiger partial charge < -0.3 is 19.5 Å². The van der Waals surface area contributed by atoms with E-state index in [1.165, 1.54) is 4.90 Å². The zero-order valence-corrected chi connectivity index (χ0v) is 14.4. The number of fused-ring (bicyclic) bond motifs is 1. The highest BCUT2D eigenvalue weighted by Gasteiger charge is 2.30. The Kier molecular flexibility index (Phi) is 4.74. The first-order valence-electron chi connectivity index (χ1n) is 8.35. The van der Waals surface area contributed by atoms with Gasteiger partial charge in [0.15, 0.2) is 0 Å². The highest BCUT2D eigenvalue weighted by atomic mass is 16.6. The van der Waals surface area contributed by atoms with Crippen molar-refractivity contribution >= 4 is 28.7 Å². The van der Waals surface area contributed by atoms with E-state index < -0.39 is 11.7 Å². The number of para-hydroxylation sites is 1. The molecule has 0 aliphatic carbocycles. The lowest BCUT2D eigenvalue weighted by molar-refractivity contribution is -0.128. The molecule has 25 heavy (non-hydrogen) atoms. The van der Waals surface area contributed by atoms with Crippen molar-refractivity contribution in [3.63, 3.8) is 0 Å². The van der Waals surface area contributed by atoms with Gasteiger partial charge in [0.2, 0.25) is 0 Å². The molecule has 132 valence electrons. The second-order valence-electron chi connectivity index (χ2n) is 5.98. The Hall–Kier alpha value is -2.83. The quantitative estimate of drug-likeness (QED) is 0.682. The van der Waals surface area contributed by atoms with Crippen LogP contribution in [0, 0.1) is 6.92 Å². The number of nitrogens with one attached hydrogen (secondary N) is 1. The van der Waals surface area contributed by atoms with Crippen LogP contribution >= 0.6 is 0 Å². The summed E-state index contributed by atoms with van der Waals surface area (Å²) in [6, 6.07) is 7.43. The maximum absolute atomic E-state index is 12.7. The molecule has 1 N–H and O–H groups in total. The number of piperazine rings is 1. The van der Waals surface area contributed by atoms with Crippen LogP contribution in [-0.4, -0.2) is 65.4 Å². The second kappa shape index (κ2) is 6.96. The van der Waals surface area contributed by atoms with Crippen molar-refractivity contribution < 1.29 is 19.1 Å². The van der Waals surface area contributed by atoms with E-state index in [-0.39, 0.29) is 6.09 Å². The van der Waals surface area contributed by atoms with Gasteiger partial charge in [-0.25, -0.2) is 4.79 Å². The van der Waals surface area contributed by atoms with Gasteiger partial charge in [0, 0.05) is 42.8 Å². The lowest BCUT2D eigenvalue weighted by Gasteiger charge is -2.33. The number of amides is 2. The monoisotopic (exact) mass is 343 g/mol. The van der Waals surface area contributed by atoms with Crippen molar-refractivity contribution in [2.24, 2.45) is 0 Å². The van der Waals surface area contributed by atoms with Crippen LogP contribution in [-0.2, 0) is 9.53 Å². The summed E-state index contributed by atoms with van der Waals surface area (Å²) in [5.41, 5.74) is 1.95. The van der Waals surface area contributed by atoms with Crippen LogP contribution < -0.4 is 0 Å². The third kappa shape index (κ3) is 3.22. The molecule has 3 rings (SSSR count). The Bertz CT molecular complexity index is 819. The molecule has 1 saturated heterocycles. The number of nitrogens with zero attached hydrogens (tertiary/aromatic N) is 2. The minimum absolute atomic E-state index is 0.316. The fourth-order valence-corrected chi connectivity index (χ4v) is 3.13. The van der Waals surface area contributed by atoms with Gasteiger partial charge in [-0.2, -0.15) is 0 Å². The molecule has 0 atom stereocenters. The van der Waals surface area contributed by atoms with Crippen molar-refractivity contribution in [2.75, 3.05) is 32.8 Å². The number of Topliss-reactive ketones (excluding diaryl/α,β-unsaturated/α-hetero) is 1. The average Bonchev–Trinajstić information content (AvgIpc) is 2.96. The Morgan fingerprint density at radius 2 is 1.72 bits per heavy atom. The van der Waals surface area contributed by atoms with Crippen LogP contribution in [0.5, 0.6) is 0 Å². The molecule has 7 nitrogen and oxygen atoms in total. The van der Waals surface area contributed by atoms with Gasteiger partial charge in [0.25, 0.3) is 11.7 Å². The summed E-state index contributed by atoms with van der Waals surface area (Å²) >= 11 is 0. The van der Waals surface area contributed by atoms with E-state index in [0.717, 1.165) is 10.9 Å². The zero-order chi connectivity index (χ0) is 18.0. The number of hydrogen-bond donors (Lipinski definition) is 1. The van der Waals surface area contributed by atoms with Gasteiger partial charge in [-0.3, -0.25) is 9.59 Å². The number of aromatic nitrogens is 1. The second-order valence-corrected chi connectivity index (χ2v) is 5.98. The largest absolute Gasteiger partial charge is 0.450 e. The topological polar surface area (TPSA) is 82.7 Å². The summed E-state index contributed by atoms with van der Waals surface area (Å²) in [5.74, 6) is -1.05. The average molecular weight is 343 g/mol. The molecule has 1 aliphatic heterocycles. The number of ether oxygens (including phenoxy) is 1. The van der Waals surface area contributed by atoms with Gasteiger partial charge in [-0.15, -0.1) is 0 Å². The SMILES string of the molecule is CCOC(=O)N1CCN(C(=O)C(=O)c2c(C)[nH]c3ccccc23)CC1. The molecule has 0 spiro atoms. The van der Waals surface area contributed by atoms with Crippen molar-refractivity contribution in [3.8, 4) is 0 Å².